The van der Waals surface area contributed by atoms with Gasteiger partial charge < -0.3 is 30.3 Å². The maximum atomic E-state index is 13.0. The summed E-state index contributed by atoms with van der Waals surface area (Å²) in [6, 6.07) is 14.9. The minimum atomic E-state index is -1.23. The molecule has 35 heavy (non-hydrogen) atoms. The van der Waals surface area contributed by atoms with Gasteiger partial charge in [-0.25, -0.2) is 9.59 Å². The zero-order valence-corrected chi connectivity index (χ0v) is 19.4. The number of hydrogen-bond donors (Lipinski definition) is 4. The zero-order valence-electron chi connectivity index (χ0n) is 19.4. The van der Waals surface area contributed by atoms with Crippen LogP contribution in [0.5, 0.6) is 0 Å². The number of fused-ring (bicyclic) bond motifs is 3. The average molecular weight is 483 g/mol. The molecule has 0 bridgehead atoms. The lowest BCUT2D eigenvalue weighted by Crippen LogP contribution is -2.56. The van der Waals surface area contributed by atoms with E-state index in [0.29, 0.717) is 19.4 Å². The number of aliphatic hydroxyl groups is 1. The van der Waals surface area contributed by atoms with E-state index in [1.807, 2.05) is 36.4 Å². The van der Waals surface area contributed by atoms with Crippen molar-refractivity contribution in [3.63, 3.8) is 0 Å². The van der Waals surface area contributed by atoms with Crippen LogP contribution >= 0.6 is 0 Å². The van der Waals surface area contributed by atoms with Crippen LogP contribution in [0.15, 0.2) is 48.5 Å². The maximum absolute atomic E-state index is 13.0. The molecule has 4 N–H and O–H groups in total. The van der Waals surface area contributed by atoms with Crippen LogP contribution in [0.3, 0.4) is 0 Å². The minimum absolute atomic E-state index is 0.0496. The Morgan fingerprint density at radius 3 is 2.31 bits per heavy atom. The van der Waals surface area contributed by atoms with Gasteiger partial charge in [0.1, 0.15) is 12.6 Å². The molecular weight excluding hydrogens is 452 g/mol. The van der Waals surface area contributed by atoms with Crippen molar-refractivity contribution in [2.45, 2.75) is 31.2 Å². The number of carboxylic acids is 1. The van der Waals surface area contributed by atoms with E-state index in [1.165, 1.54) is 0 Å². The summed E-state index contributed by atoms with van der Waals surface area (Å²) in [6.45, 7) is 0.250. The molecule has 1 heterocycles. The topological polar surface area (TPSA) is 134 Å². The Balaban J connectivity index is 1.39. The lowest BCUT2D eigenvalue weighted by Gasteiger charge is -2.36. The van der Waals surface area contributed by atoms with Crippen LogP contribution in [0.4, 0.5) is 4.79 Å². The first kappa shape index (κ1) is 24.7. The van der Waals surface area contributed by atoms with E-state index in [2.05, 4.69) is 22.8 Å². The number of aliphatic hydroxyl groups excluding tert-OH is 1. The summed E-state index contributed by atoms with van der Waals surface area (Å²) in [5, 5.41) is 23.6. The predicted octanol–water partition coefficient (Wildman–Crippen LogP) is 2.27. The van der Waals surface area contributed by atoms with Crippen molar-refractivity contribution in [3.8, 4) is 11.1 Å². The van der Waals surface area contributed by atoms with Crippen LogP contribution in [-0.2, 0) is 19.1 Å². The van der Waals surface area contributed by atoms with E-state index in [-0.39, 0.29) is 38.7 Å². The third kappa shape index (κ3) is 5.31. The number of rotatable bonds is 9. The number of ether oxygens (including phenoxy) is 2. The summed E-state index contributed by atoms with van der Waals surface area (Å²) in [5.41, 5.74) is 3.33. The average Bonchev–Trinajstić information content (AvgIpc) is 3.20. The SMILES string of the molecule is O=C(NCC1(C(=O)N[C@@H](CCO)C(=O)O)CCCOC1)OCC1c2ccccc2-c2ccccc21. The quantitative estimate of drug-likeness (QED) is 0.431. The highest BCUT2D eigenvalue weighted by molar-refractivity contribution is 5.88. The lowest BCUT2D eigenvalue weighted by molar-refractivity contribution is -0.147. The Morgan fingerprint density at radius 1 is 1.09 bits per heavy atom. The molecule has 9 heteroatoms. The van der Waals surface area contributed by atoms with Gasteiger partial charge in [0.05, 0.1) is 12.0 Å². The van der Waals surface area contributed by atoms with Gasteiger partial charge in [-0.05, 0) is 35.1 Å². The Morgan fingerprint density at radius 2 is 1.74 bits per heavy atom. The first-order valence-electron chi connectivity index (χ1n) is 11.8. The smallest absolute Gasteiger partial charge is 0.407 e. The van der Waals surface area contributed by atoms with Crippen molar-refractivity contribution in [1.82, 2.24) is 10.6 Å². The molecule has 0 radical (unpaired) electrons. The van der Waals surface area contributed by atoms with E-state index in [1.54, 1.807) is 0 Å². The molecule has 4 rings (SSSR count). The van der Waals surface area contributed by atoms with Crippen LogP contribution in [0.25, 0.3) is 11.1 Å². The normalized spacial score (nSPS) is 19.8. The summed E-state index contributed by atoms with van der Waals surface area (Å²) in [6.07, 6.45) is 0.248. The van der Waals surface area contributed by atoms with Crippen molar-refractivity contribution in [2.24, 2.45) is 5.41 Å². The molecule has 1 saturated heterocycles. The number of carboxylic acid groups (broad SMARTS) is 1. The highest BCUT2D eigenvalue weighted by Crippen LogP contribution is 2.44. The molecule has 2 aromatic rings. The fourth-order valence-corrected chi connectivity index (χ4v) is 4.84. The van der Waals surface area contributed by atoms with Gasteiger partial charge in [-0.1, -0.05) is 48.5 Å². The number of amides is 2. The molecule has 0 aromatic heterocycles. The number of nitrogens with one attached hydrogen (secondary N) is 2. The van der Waals surface area contributed by atoms with E-state index < -0.39 is 29.4 Å². The highest BCUT2D eigenvalue weighted by Gasteiger charge is 2.42. The molecule has 186 valence electrons. The van der Waals surface area contributed by atoms with Gasteiger partial charge in [0, 0.05) is 32.1 Å². The number of alkyl carbamates (subject to hydrolysis) is 1. The number of carbonyl (C=O) groups is 3. The van der Waals surface area contributed by atoms with Crippen molar-refractivity contribution < 1.29 is 34.1 Å². The van der Waals surface area contributed by atoms with Crippen LogP contribution in [0.2, 0.25) is 0 Å². The molecule has 2 amide bonds. The van der Waals surface area contributed by atoms with Crippen LogP contribution < -0.4 is 10.6 Å². The molecule has 1 fully saturated rings. The van der Waals surface area contributed by atoms with Crippen molar-refractivity contribution in [1.29, 1.82) is 0 Å². The Labute approximate surface area is 203 Å². The second-order valence-electron chi connectivity index (χ2n) is 8.99. The van der Waals surface area contributed by atoms with E-state index >= 15 is 0 Å². The Hall–Kier alpha value is -3.43. The van der Waals surface area contributed by atoms with Crippen LogP contribution in [0.1, 0.15) is 36.3 Å². The second-order valence-corrected chi connectivity index (χ2v) is 8.99. The largest absolute Gasteiger partial charge is 0.480 e. The van der Waals surface area contributed by atoms with Crippen LogP contribution in [0, 0.1) is 5.41 Å². The first-order valence-corrected chi connectivity index (χ1v) is 11.8. The fourth-order valence-electron chi connectivity index (χ4n) is 4.84. The fraction of sp³-hybridized carbons (Fsp3) is 0.423. The molecule has 9 nitrogen and oxygen atoms in total. The van der Waals surface area contributed by atoms with Gasteiger partial charge in [0.15, 0.2) is 0 Å². The molecule has 2 aliphatic rings. The minimum Gasteiger partial charge on any atom is -0.480 e. The number of benzene rings is 2. The van der Waals surface area contributed by atoms with Crippen molar-refractivity contribution >= 4 is 18.0 Å². The summed E-state index contributed by atoms with van der Waals surface area (Å²) < 4.78 is 11.1. The monoisotopic (exact) mass is 482 g/mol. The van der Waals surface area contributed by atoms with Crippen LogP contribution in [-0.4, -0.2) is 67.2 Å². The van der Waals surface area contributed by atoms with Gasteiger partial charge in [-0.3, -0.25) is 4.79 Å². The lowest BCUT2D eigenvalue weighted by atomic mass is 9.81. The van der Waals surface area contributed by atoms with Gasteiger partial charge in [0.25, 0.3) is 0 Å². The molecule has 1 aliphatic heterocycles. The van der Waals surface area contributed by atoms with Crippen molar-refractivity contribution in [3.05, 3.63) is 59.7 Å². The van der Waals surface area contributed by atoms with E-state index in [4.69, 9.17) is 14.6 Å². The molecular formula is C26H30N2O7. The Kier molecular flexibility index (Phi) is 7.67. The molecule has 2 aromatic carbocycles. The third-order valence-electron chi connectivity index (χ3n) is 6.74. The third-order valence-corrected chi connectivity index (χ3v) is 6.74. The standard InChI is InChI=1S/C26H30N2O7/c29-12-10-22(23(30)31)28-24(32)26(11-5-13-34-16-26)15-27-25(33)35-14-21-19-8-3-1-6-17(19)18-7-2-4-9-20(18)21/h1-4,6-9,21-22,29H,5,10-16H2,(H,27,33)(H,28,32)(H,30,31)/t22-,26?/m0/s1. The first-order chi connectivity index (χ1) is 16.9. The maximum Gasteiger partial charge on any atom is 0.407 e. The Bertz CT molecular complexity index is 1040. The summed E-state index contributed by atoms with van der Waals surface area (Å²) in [5.74, 6) is -1.85. The number of hydrogen-bond acceptors (Lipinski definition) is 6. The number of carbonyl (C=O) groups excluding carboxylic acids is 2. The van der Waals surface area contributed by atoms with Gasteiger partial charge in [0.2, 0.25) is 5.91 Å². The van der Waals surface area contributed by atoms with E-state index in [0.717, 1.165) is 22.3 Å². The zero-order chi connectivity index (χ0) is 24.8. The van der Waals surface area contributed by atoms with E-state index in [9.17, 15) is 19.5 Å². The molecule has 0 spiro atoms. The predicted molar refractivity (Wildman–Crippen MR) is 127 cm³/mol. The highest BCUT2D eigenvalue weighted by atomic mass is 16.5. The summed E-state index contributed by atoms with van der Waals surface area (Å²) >= 11 is 0. The molecule has 1 aliphatic carbocycles. The van der Waals surface area contributed by atoms with Gasteiger partial charge in [-0.15, -0.1) is 0 Å². The molecule has 0 saturated carbocycles. The molecule has 2 atom stereocenters. The number of aliphatic carboxylic acids is 1. The van der Waals surface area contributed by atoms with Gasteiger partial charge in [-0.2, -0.15) is 0 Å². The second kappa shape index (κ2) is 10.9. The van der Waals surface area contributed by atoms with Crippen molar-refractivity contribution in [2.75, 3.05) is 33.0 Å². The summed E-state index contributed by atoms with van der Waals surface area (Å²) in [7, 11) is 0. The van der Waals surface area contributed by atoms with Gasteiger partial charge >= 0.3 is 12.1 Å². The summed E-state index contributed by atoms with van der Waals surface area (Å²) in [4.78, 5) is 37.1. The molecule has 1 unspecified atom stereocenters.